The van der Waals surface area contributed by atoms with Crippen molar-refractivity contribution in [2.45, 2.75) is 38.1 Å². The quantitative estimate of drug-likeness (QED) is 0.546. The number of hydrogen-bond donors (Lipinski definition) is 1. The Morgan fingerprint density at radius 1 is 1.19 bits per heavy atom. The molecule has 0 aliphatic heterocycles. The molecule has 0 spiro atoms. The van der Waals surface area contributed by atoms with E-state index in [9.17, 15) is 10.1 Å². The number of carbonyl (C=O) groups excluding carboxylic acids is 1. The first-order valence-corrected chi connectivity index (χ1v) is 9.30. The van der Waals surface area contributed by atoms with E-state index in [0.717, 1.165) is 25.7 Å². The Balaban J connectivity index is 1.76. The number of carbonyl (C=O) groups is 1. The zero-order chi connectivity index (χ0) is 18.5. The maximum Gasteiger partial charge on any atom is 0.262 e. The summed E-state index contributed by atoms with van der Waals surface area (Å²) in [5, 5.41) is 13.3. The predicted molar refractivity (Wildman–Crippen MR) is 103 cm³/mol. The molecular weight excluding hydrogens is 371 g/mol. The fourth-order valence-corrected chi connectivity index (χ4v) is 3.57. The largest absolute Gasteiger partial charge is 0.457 e. The summed E-state index contributed by atoms with van der Waals surface area (Å²) in [5.41, 5.74) is 0.722. The van der Waals surface area contributed by atoms with E-state index in [2.05, 4.69) is 5.32 Å². The van der Waals surface area contributed by atoms with Gasteiger partial charge in [0, 0.05) is 22.7 Å². The number of halogens is 2. The van der Waals surface area contributed by atoms with Gasteiger partial charge in [0.05, 0.1) is 5.02 Å². The van der Waals surface area contributed by atoms with E-state index in [-0.39, 0.29) is 17.5 Å². The van der Waals surface area contributed by atoms with Crippen molar-refractivity contribution in [1.82, 2.24) is 5.32 Å². The van der Waals surface area contributed by atoms with E-state index in [1.54, 1.807) is 30.3 Å². The molecule has 3 rings (SSSR count). The Bertz CT molecular complexity index is 874. The van der Waals surface area contributed by atoms with Crippen molar-refractivity contribution in [1.29, 1.82) is 5.26 Å². The zero-order valence-electron chi connectivity index (χ0n) is 14.1. The highest BCUT2D eigenvalue weighted by molar-refractivity contribution is 6.36. The molecule has 4 nitrogen and oxygen atoms in total. The van der Waals surface area contributed by atoms with Crippen molar-refractivity contribution in [2.24, 2.45) is 0 Å². The predicted octanol–water partition coefficient (Wildman–Crippen LogP) is 5.61. The lowest BCUT2D eigenvalue weighted by atomic mass is 9.95. The van der Waals surface area contributed by atoms with Gasteiger partial charge in [-0.2, -0.15) is 5.26 Å². The number of nitrogens with zero attached hydrogens (tertiary/aromatic N) is 1. The van der Waals surface area contributed by atoms with Gasteiger partial charge in [0.1, 0.15) is 23.2 Å². The van der Waals surface area contributed by atoms with Crippen LogP contribution in [-0.2, 0) is 4.79 Å². The van der Waals surface area contributed by atoms with Crippen LogP contribution in [0.3, 0.4) is 0 Å². The highest BCUT2D eigenvalue weighted by Gasteiger charge is 2.18. The molecule has 0 bridgehead atoms. The van der Waals surface area contributed by atoms with Crippen molar-refractivity contribution in [3.63, 3.8) is 0 Å². The van der Waals surface area contributed by atoms with Crippen molar-refractivity contribution < 1.29 is 9.21 Å². The van der Waals surface area contributed by atoms with Gasteiger partial charge in [-0.15, -0.1) is 0 Å². The molecule has 26 heavy (non-hydrogen) atoms. The minimum absolute atomic E-state index is 0.0266. The molecule has 0 saturated heterocycles. The van der Waals surface area contributed by atoms with Crippen LogP contribution < -0.4 is 5.32 Å². The van der Waals surface area contributed by atoms with Crippen LogP contribution in [0, 0.1) is 11.3 Å². The van der Waals surface area contributed by atoms with Crippen molar-refractivity contribution in [3.8, 4) is 17.4 Å². The van der Waals surface area contributed by atoms with Gasteiger partial charge < -0.3 is 9.73 Å². The molecule has 1 saturated carbocycles. The number of hydrogen-bond acceptors (Lipinski definition) is 3. The zero-order valence-corrected chi connectivity index (χ0v) is 15.6. The standard InChI is InChI=1S/C20H18Cl2N2O2/c21-14-6-8-17(18(22)11-14)19-9-7-16(26-19)10-13(12-23)20(25)24-15-4-2-1-3-5-15/h6-11,15H,1-5H2,(H,24,25)/b13-10+. The molecule has 1 aromatic carbocycles. The lowest BCUT2D eigenvalue weighted by molar-refractivity contribution is -0.117. The molecule has 1 aromatic heterocycles. The average Bonchev–Trinajstić information content (AvgIpc) is 3.08. The monoisotopic (exact) mass is 388 g/mol. The van der Waals surface area contributed by atoms with Crippen LogP contribution in [0.4, 0.5) is 0 Å². The number of rotatable bonds is 4. The van der Waals surface area contributed by atoms with Crippen LogP contribution in [0.2, 0.25) is 10.0 Å². The Morgan fingerprint density at radius 3 is 2.65 bits per heavy atom. The Labute approximate surface area is 162 Å². The maximum absolute atomic E-state index is 12.3. The first-order valence-electron chi connectivity index (χ1n) is 8.55. The summed E-state index contributed by atoms with van der Waals surface area (Å²) >= 11 is 12.1. The lowest BCUT2D eigenvalue weighted by Gasteiger charge is -2.22. The van der Waals surface area contributed by atoms with E-state index < -0.39 is 0 Å². The molecule has 1 fully saturated rings. The Hall–Kier alpha value is -2.22. The molecule has 134 valence electrons. The number of nitriles is 1. The topological polar surface area (TPSA) is 66.0 Å². The normalized spacial score (nSPS) is 15.5. The second kappa shape index (κ2) is 8.44. The van der Waals surface area contributed by atoms with E-state index in [1.165, 1.54) is 12.5 Å². The number of nitrogens with one attached hydrogen (secondary N) is 1. The molecule has 6 heteroatoms. The fourth-order valence-electron chi connectivity index (χ4n) is 3.07. The Morgan fingerprint density at radius 2 is 1.96 bits per heavy atom. The van der Waals surface area contributed by atoms with Gasteiger partial charge in [-0.25, -0.2) is 0 Å². The molecule has 1 aliphatic rings. The molecule has 0 atom stereocenters. The van der Waals surface area contributed by atoms with E-state index in [0.29, 0.717) is 27.1 Å². The van der Waals surface area contributed by atoms with E-state index >= 15 is 0 Å². The SMILES string of the molecule is N#C/C(=C\c1ccc(-c2ccc(Cl)cc2Cl)o1)C(=O)NC1CCCCC1. The number of furan rings is 1. The summed E-state index contributed by atoms with van der Waals surface area (Å²) < 4.78 is 5.73. The third-order valence-electron chi connectivity index (χ3n) is 4.42. The summed E-state index contributed by atoms with van der Waals surface area (Å²) in [6.07, 6.45) is 6.80. The van der Waals surface area contributed by atoms with Crippen LogP contribution in [0.1, 0.15) is 37.9 Å². The van der Waals surface area contributed by atoms with Crippen molar-refractivity contribution in [3.05, 3.63) is 51.7 Å². The first kappa shape index (κ1) is 18.6. The number of benzene rings is 1. The fraction of sp³-hybridized carbons (Fsp3) is 0.300. The summed E-state index contributed by atoms with van der Waals surface area (Å²) in [6.45, 7) is 0. The number of amides is 1. The summed E-state index contributed by atoms with van der Waals surface area (Å²) in [7, 11) is 0. The lowest BCUT2D eigenvalue weighted by Crippen LogP contribution is -2.36. The van der Waals surface area contributed by atoms with Crippen LogP contribution in [0.15, 0.2) is 40.3 Å². The molecule has 0 unspecified atom stereocenters. The summed E-state index contributed by atoms with van der Waals surface area (Å²) in [6, 6.07) is 10.7. The van der Waals surface area contributed by atoms with Gasteiger partial charge >= 0.3 is 0 Å². The third-order valence-corrected chi connectivity index (χ3v) is 4.96. The van der Waals surface area contributed by atoms with Gasteiger partial charge in [-0.05, 0) is 43.2 Å². The van der Waals surface area contributed by atoms with Gasteiger partial charge in [-0.3, -0.25) is 4.79 Å². The summed E-state index contributed by atoms with van der Waals surface area (Å²) in [4.78, 5) is 12.3. The Kier molecular flexibility index (Phi) is 6.03. The maximum atomic E-state index is 12.3. The molecule has 1 aliphatic carbocycles. The molecule has 1 N–H and O–H groups in total. The van der Waals surface area contributed by atoms with Gasteiger partial charge in [0.2, 0.25) is 0 Å². The van der Waals surface area contributed by atoms with Crippen molar-refractivity contribution in [2.75, 3.05) is 0 Å². The minimum Gasteiger partial charge on any atom is -0.457 e. The molecule has 0 radical (unpaired) electrons. The average molecular weight is 389 g/mol. The van der Waals surface area contributed by atoms with Crippen LogP contribution in [-0.4, -0.2) is 11.9 Å². The second-order valence-electron chi connectivity index (χ2n) is 6.30. The van der Waals surface area contributed by atoms with Gasteiger partial charge in [-0.1, -0.05) is 42.5 Å². The van der Waals surface area contributed by atoms with Crippen LogP contribution >= 0.6 is 23.2 Å². The molecule has 1 amide bonds. The third kappa shape index (κ3) is 4.49. The molecule has 1 heterocycles. The highest BCUT2D eigenvalue weighted by atomic mass is 35.5. The molecular formula is C20H18Cl2N2O2. The van der Waals surface area contributed by atoms with Gasteiger partial charge in [0.25, 0.3) is 5.91 Å². The molecule has 2 aromatic rings. The van der Waals surface area contributed by atoms with Crippen LogP contribution in [0.25, 0.3) is 17.4 Å². The minimum atomic E-state index is -0.359. The smallest absolute Gasteiger partial charge is 0.262 e. The summed E-state index contributed by atoms with van der Waals surface area (Å²) in [5.74, 6) is 0.603. The van der Waals surface area contributed by atoms with Crippen LogP contribution in [0.5, 0.6) is 0 Å². The second-order valence-corrected chi connectivity index (χ2v) is 7.15. The van der Waals surface area contributed by atoms with Crippen molar-refractivity contribution >= 4 is 35.2 Å². The van der Waals surface area contributed by atoms with E-state index in [4.69, 9.17) is 27.6 Å². The first-order chi connectivity index (χ1) is 12.6. The highest BCUT2D eigenvalue weighted by Crippen LogP contribution is 2.32. The van der Waals surface area contributed by atoms with E-state index in [1.807, 2.05) is 6.07 Å². The van der Waals surface area contributed by atoms with Gasteiger partial charge in [0.15, 0.2) is 0 Å².